The molecule has 0 aromatic carbocycles. The normalized spacial score (nSPS) is 25.1. The van der Waals surface area contributed by atoms with E-state index in [9.17, 15) is 4.79 Å². The highest BCUT2D eigenvalue weighted by Gasteiger charge is 2.51. The van der Waals surface area contributed by atoms with E-state index >= 15 is 0 Å². The largest absolute Gasteiger partial charge is 0.495 e. The topological polar surface area (TPSA) is 60.9 Å². The summed E-state index contributed by atoms with van der Waals surface area (Å²) in [6, 6.07) is 3.90. The van der Waals surface area contributed by atoms with Crippen LogP contribution in [0.1, 0.15) is 34.1 Å². The van der Waals surface area contributed by atoms with Crippen molar-refractivity contribution in [2.75, 3.05) is 25.1 Å². The van der Waals surface area contributed by atoms with E-state index < -0.39 is 7.12 Å². The van der Waals surface area contributed by atoms with E-state index in [-0.39, 0.29) is 23.1 Å². The zero-order valence-electron chi connectivity index (χ0n) is 15.0. The molecular formula is C17H25BN2O4. The summed E-state index contributed by atoms with van der Waals surface area (Å²) in [7, 11) is 1.03. The third kappa shape index (κ3) is 3.02. The van der Waals surface area contributed by atoms with Crippen molar-refractivity contribution in [2.24, 2.45) is 5.92 Å². The second-order valence-electron chi connectivity index (χ2n) is 7.49. The van der Waals surface area contributed by atoms with Crippen LogP contribution in [-0.4, -0.2) is 49.5 Å². The molecule has 0 bridgehead atoms. The summed E-state index contributed by atoms with van der Waals surface area (Å²) in [5.74, 6) is 0.602. The van der Waals surface area contributed by atoms with Crippen LogP contribution in [0.2, 0.25) is 0 Å². The maximum Gasteiger partial charge on any atom is 0.495 e. The molecule has 2 fully saturated rings. The van der Waals surface area contributed by atoms with E-state index in [1.165, 1.54) is 7.11 Å². The number of pyridine rings is 1. The monoisotopic (exact) mass is 332 g/mol. The molecule has 3 rings (SSSR count). The zero-order valence-corrected chi connectivity index (χ0v) is 15.0. The highest BCUT2D eigenvalue weighted by Crippen LogP contribution is 2.36. The third-order valence-corrected chi connectivity index (χ3v) is 5.34. The fourth-order valence-corrected chi connectivity index (χ4v) is 3.06. The molecule has 2 aliphatic heterocycles. The molecule has 1 atom stereocenters. The van der Waals surface area contributed by atoms with Crippen molar-refractivity contribution in [3.63, 3.8) is 0 Å². The van der Waals surface area contributed by atoms with Crippen molar-refractivity contribution in [2.45, 2.75) is 45.3 Å². The number of nitrogens with zero attached hydrogens (tertiary/aromatic N) is 2. The van der Waals surface area contributed by atoms with Crippen molar-refractivity contribution < 1.29 is 18.8 Å². The van der Waals surface area contributed by atoms with E-state index in [1.807, 2.05) is 39.8 Å². The molecule has 0 aliphatic carbocycles. The highest BCUT2D eigenvalue weighted by atomic mass is 16.7. The van der Waals surface area contributed by atoms with Gasteiger partial charge in [0.1, 0.15) is 5.82 Å². The second kappa shape index (κ2) is 6.04. The van der Waals surface area contributed by atoms with Crippen LogP contribution in [0.3, 0.4) is 0 Å². The van der Waals surface area contributed by atoms with Crippen LogP contribution in [-0.2, 0) is 18.8 Å². The van der Waals surface area contributed by atoms with Crippen LogP contribution in [0.25, 0.3) is 0 Å². The van der Waals surface area contributed by atoms with Gasteiger partial charge in [0.25, 0.3) is 0 Å². The standard InChI is InChI=1S/C17H25BN2O4/c1-16(2)17(3,4)24-18(23-16)13-6-8-19-14(10-13)20-9-7-12(11-20)15(21)22-5/h6,8,10,12H,7,9,11H2,1-5H3. The first-order valence-electron chi connectivity index (χ1n) is 8.38. The first-order chi connectivity index (χ1) is 11.2. The van der Waals surface area contributed by atoms with Crippen LogP contribution in [0.5, 0.6) is 0 Å². The number of carbonyl (C=O) groups excluding carboxylic acids is 1. The number of hydrogen-bond acceptors (Lipinski definition) is 6. The van der Waals surface area contributed by atoms with Gasteiger partial charge in [0.15, 0.2) is 0 Å². The van der Waals surface area contributed by atoms with Crippen molar-refractivity contribution in [1.82, 2.24) is 4.98 Å². The van der Waals surface area contributed by atoms with E-state index in [4.69, 9.17) is 14.0 Å². The predicted molar refractivity (Wildman–Crippen MR) is 92.3 cm³/mol. The Morgan fingerprint density at radius 3 is 2.62 bits per heavy atom. The number of anilines is 1. The lowest BCUT2D eigenvalue weighted by Crippen LogP contribution is -2.41. The maximum absolute atomic E-state index is 11.7. The van der Waals surface area contributed by atoms with Gasteiger partial charge in [-0.15, -0.1) is 0 Å². The number of rotatable bonds is 3. The lowest BCUT2D eigenvalue weighted by Gasteiger charge is -2.32. The fraction of sp³-hybridized carbons (Fsp3) is 0.647. The number of hydrogen-bond donors (Lipinski definition) is 0. The molecule has 0 spiro atoms. The van der Waals surface area contributed by atoms with Crippen LogP contribution < -0.4 is 10.4 Å². The molecule has 2 saturated heterocycles. The van der Waals surface area contributed by atoms with E-state index in [0.717, 1.165) is 24.2 Å². The van der Waals surface area contributed by atoms with Gasteiger partial charge in [-0.3, -0.25) is 4.79 Å². The predicted octanol–water partition coefficient (Wildman–Crippen LogP) is 1.38. The third-order valence-electron chi connectivity index (χ3n) is 5.34. The van der Waals surface area contributed by atoms with Gasteiger partial charge in [0, 0.05) is 19.3 Å². The molecular weight excluding hydrogens is 307 g/mol. The number of carbonyl (C=O) groups is 1. The van der Waals surface area contributed by atoms with Crippen LogP contribution in [0.15, 0.2) is 18.3 Å². The van der Waals surface area contributed by atoms with Gasteiger partial charge >= 0.3 is 13.1 Å². The van der Waals surface area contributed by atoms with Gasteiger partial charge in [-0.05, 0) is 51.7 Å². The Morgan fingerprint density at radius 1 is 1.33 bits per heavy atom. The average molecular weight is 332 g/mol. The first-order valence-corrected chi connectivity index (χ1v) is 8.38. The SMILES string of the molecule is COC(=O)C1CCN(c2cc(B3OC(C)(C)C(C)(C)O3)ccn2)C1. The van der Waals surface area contributed by atoms with Crippen LogP contribution in [0, 0.1) is 5.92 Å². The lowest BCUT2D eigenvalue weighted by molar-refractivity contribution is -0.144. The molecule has 1 unspecified atom stereocenters. The Bertz CT molecular complexity index is 619. The maximum atomic E-state index is 11.7. The molecule has 0 radical (unpaired) electrons. The van der Waals surface area contributed by atoms with Crippen molar-refractivity contribution in [1.29, 1.82) is 0 Å². The summed E-state index contributed by atoms with van der Waals surface area (Å²) in [5, 5.41) is 0. The minimum atomic E-state index is -0.407. The molecule has 1 aromatic rings. The molecule has 130 valence electrons. The molecule has 0 N–H and O–H groups in total. The van der Waals surface area contributed by atoms with E-state index in [0.29, 0.717) is 6.54 Å². The fourth-order valence-electron chi connectivity index (χ4n) is 3.06. The van der Waals surface area contributed by atoms with E-state index in [2.05, 4.69) is 9.88 Å². The molecule has 0 amide bonds. The number of aromatic nitrogens is 1. The quantitative estimate of drug-likeness (QED) is 0.616. The molecule has 2 aliphatic rings. The summed E-state index contributed by atoms with van der Waals surface area (Å²) in [6.07, 6.45) is 2.55. The highest BCUT2D eigenvalue weighted by molar-refractivity contribution is 6.62. The Balaban J connectivity index is 1.75. The lowest BCUT2D eigenvalue weighted by atomic mass is 9.79. The summed E-state index contributed by atoms with van der Waals surface area (Å²) in [5.41, 5.74) is 0.204. The van der Waals surface area contributed by atoms with Crippen LogP contribution >= 0.6 is 0 Å². The minimum absolute atomic E-state index is 0.0858. The van der Waals surface area contributed by atoms with Crippen molar-refractivity contribution in [3.05, 3.63) is 18.3 Å². The number of methoxy groups -OCH3 is 1. The van der Waals surface area contributed by atoms with Gasteiger partial charge in [0.05, 0.1) is 24.2 Å². The van der Waals surface area contributed by atoms with E-state index in [1.54, 1.807) is 6.20 Å². The Hall–Kier alpha value is -1.60. The minimum Gasteiger partial charge on any atom is -0.469 e. The molecule has 3 heterocycles. The molecule has 6 nitrogen and oxygen atoms in total. The average Bonchev–Trinajstić information content (AvgIpc) is 3.10. The number of ether oxygens (including phenoxy) is 1. The van der Waals surface area contributed by atoms with Gasteiger partial charge in [-0.1, -0.05) is 0 Å². The van der Waals surface area contributed by atoms with Crippen molar-refractivity contribution >= 4 is 24.4 Å². The van der Waals surface area contributed by atoms with Gasteiger partial charge in [0.2, 0.25) is 0 Å². The summed E-state index contributed by atoms with van der Waals surface area (Å²) in [6.45, 7) is 9.58. The Morgan fingerprint density at radius 2 is 2.00 bits per heavy atom. The second-order valence-corrected chi connectivity index (χ2v) is 7.49. The van der Waals surface area contributed by atoms with Crippen molar-refractivity contribution in [3.8, 4) is 0 Å². The summed E-state index contributed by atoms with van der Waals surface area (Å²) < 4.78 is 17.0. The molecule has 0 saturated carbocycles. The smallest absolute Gasteiger partial charge is 0.469 e. The van der Waals surface area contributed by atoms with Gasteiger partial charge in [-0.2, -0.15) is 0 Å². The summed E-state index contributed by atoms with van der Waals surface area (Å²) >= 11 is 0. The molecule has 24 heavy (non-hydrogen) atoms. The van der Waals surface area contributed by atoms with Crippen LogP contribution in [0.4, 0.5) is 5.82 Å². The first kappa shape index (κ1) is 17.2. The molecule has 1 aromatic heterocycles. The van der Waals surface area contributed by atoms with Gasteiger partial charge in [-0.25, -0.2) is 4.98 Å². The zero-order chi connectivity index (χ0) is 17.5. The Labute approximate surface area is 143 Å². The Kier molecular flexibility index (Phi) is 4.34. The number of esters is 1. The van der Waals surface area contributed by atoms with Gasteiger partial charge < -0.3 is 18.9 Å². The molecule has 7 heteroatoms. The summed E-state index contributed by atoms with van der Waals surface area (Å²) in [4.78, 5) is 18.3.